The molecular weight excluding hydrogens is 208 g/mol. The largest absolute Gasteiger partial charge is 0.478 e. The van der Waals surface area contributed by atoms with Gasteiger partial charge in [0.25, 0.3) is 0 Å². The molecule has 1 amide bonds. The Labute approximate surface area is 94.4 Å². The van der Waals surface area contributed by atoms with Gasteiger partial charge in [-0.05, 0) is 6.42 Å². The van der Waals surface area contributed by atoms with Crippen LogP contribution < -0.4 is 15.4 Å². The highest BCUT2D eigenvalue weighted by Gasteiger charge is 2.01. The van der Waals surface area contributed by atoms with Crippen LogP contribution in [0.5, 0.6) is 5.88 Å². The molecule has 2 N–H and O–H groups in total. The van der Waals surface area contributed by atoms with Crippen molar-refractivity contribution in [2.24, 2.45) is 0 Å². The van der Waals surface area contributed by atoms with Crippen molar-refractivity contribution in [3.8, 4) is 5.88 Å². The maximum atomic E-state index is 11.0. The highest BCUT2D eigenvalue weighted by molar-refractivity contribution is 5.79. The van der Waals surface area contributed by atoms with E-state index in [0.29, 0.717) is 18.4 Å². The third kappa shape index (κ3) is 4.12. The zero-order valence-electron chi connectivity index (χ0n) is 9.49. The van der Waals surface area contributed by atoms with Gasteiger partial charge in [0.1, 0.15) is 0 Å². The summed E-state index contributed by atoms with van der Waals surface area (Å²) in [6.45, 7) is 2.78. The molecule has 1 aromatic rings. The summed E-state index contributed by atoms with van der Waals surface area (Å²) < 4.78 is 5.34. The van der Waals surface area contributed by atoms with Crippen LogP contribution in [0.25, 0.3) is 0 Å². The lowest BCUT2D eigenvalue weighted by Gasteiger charge is -2.06. The normalized spacial score (nSPS) is 9.62. The molecule has 1 aromatic heterocycles. The van der Waals surface area contributed by atoms with Gasteiger partial charge in [0.05, 0.1) is 13.2 Å². The Kier molecular flexibility index (Phi) is 5.04. The predicted molar refractivity (Wildman–Crippen MR) is 60.4 cm³/mol. The lowest BCUT2D eigenvalue weighted by atomic mass is 10.5. The summed E-state index contributed by atoms with van der Waals surface area (Å²) in [5.41, 5.74) is 0. The van der Waals surface area contributed by atoms with Crippen LogP contribution in [0.3, 0.4) is 0 Å². The van der Waals surface area contributed by atoms with Gasteiger partial charge in [-0.2, -0.15) is 4.98 Å². The van der Waals surface area contributed by atoms with Crippen molar-refractivity contribution in [1.29, 1.82) is 0 Å². The van der Waals surface area contributed by atoms with Crippen LogP contribution in [0.2, 0.25) is 0 Å². The molecule has 0 aromatic carbocycles. The monoisotopic (exact) mass is 224 g/mol. The third-order valence-corrected chi connectivity index (χ3v) is 1.77. The highest BCUT2D eigenvalue weighted by Crippen LogP contribution is 2.07. The molecular formula is C10H16N4O2. The van der Waals surface area contributed by atoms with Crippen molar-refractivity contribution in [3.05, 3.63) is 12.3 Å². The SMILES string of the molecule is CCCOc1ccnc(NCC(=O)NC)n1. The van der Waals surface area contributed by atoms with Crippen molar-refractivity contribution in [2.75, 3.05) is 25.5 Å². The lowest BCUT2D eigenvalue weighted by molar-refractivity contribution is -0.118. The van der Waals surface area contributed by atoms with Crippen LogP contribution in [0.15, 0.2) is 12.3 Å². The fraction of sp³-hybridized carbons (Fsp3) is 0.500. The molecule has 0 atom stereocenters. The van der Waals surface area contributed by atoms with Gasteiger partial charge in [-0.25, -0.2) is 4.98 Å². The van der Waals surface area contributed by atoms with Crippen molar-refractivity contribution < 1.29 is 9.53 Å². The molecule has 16 heavy (non-hydrogen) atoms. The number of likely N-dealkylation sites (N-methyl/N-ethyl adjacent to an activating group) is 1. The fourth-order valence-electron chi connectivity index (χ4n) is 0.962. The van der Waals surface area contributed by atoms with Gasteiger partial charge in [0.2, 0.25) is 17.7 Å². The molecule has 0 aliphatic heterocycles. The summed E-state index contributed by atoms with van der Waals surface area (Å²) in [6.07, 6.45) is 2.51. The average Bonchev–Trinajstić information content (AvgIpc) is 2.34. The molecule has 0 aliphatic carbocycles. The van der Waals surface area contributed by atoms with E-state index in [1.807, 2.05) is 6.92 Å². The van der Waals surface area contributed by atoms with Crippen LogP contribution >= 0.6 is 0 Å². The van der Waals surface area contributed by atoms with Crippen molar-refractivity contribution in [2.45, 2.75) is 13.3 Å². The number of hydrogen-bond donors (Lipinski definition) is 2. The Hall–Kier alpha value is -1.85. The molecule has 0 radical (unpaired) electrons. The van der Waals surface area contributed by atoms with Crippen LogP contribution in [0.1, 0.15) is 13.3 Å². The number of ether oxygens (including phenoxy) is 1. The molecule has 6 heteroatoms. The Morgan fingerprint density at radius 2 is 2.38 bits per heavy atom. The first-order valence-electron chi connectivity index (χ1n) is 5.16. The van der Waals surface area contributed by atoms with Gasteiger partial charge in [-0.1, -0.05) is 6.92 Å². The fourth-order valence-corrected chi connectivity index (χ4v) is 0.962. The molecule has 0 saturated carbocycles. The summed E-state index contributed by atoms with van der Waals surface area (Å²) in [7, 11) is 1.58. The lowest BCUT2D eigenvalue weighted by Crippen LogP contribution is -2.26. The first kappa shape index (κ1) is 12.2. The van der Waals surface area contributed by atoms with E-state index < -0.39 is 0 Å². The summed E-state index contributed by atoms with van der Waals surface area (Å²) in [5, 5.41) is 5.29. The van der Waals surface area contributed by atoms with E-state index in [-0.39, 0.29) is 12.5 Å². The number of hydrogen-bond acceptors (Lipinski definition) is 5. The molecule has 88 valence electrons. The third-order valence-electron chi connectivity index (χ3n) is 1.77. The zero-order valence-corrected chi connectivity index (χ0v) is 9.49. The second-order valence-corrected chi connectivity index (χ2v) is 3.09. The average molecular weight is 224 g/mol. The van der Waals surface area contributed by atoms with Crippen LogP contribution in [0, 0.1) is 0 Å². The van der Waals surface area contributed by atoms with Crippen LogP contribution in [-0.2, 0) is 4.79 Å². The first-order chi connectivity index (χ1) is 7.76. The van der Waals surface area contributed by atoms with E-state index >= 15 is 0 Å². The minimum absolute atomic E-state index is 0.122. The second-order valence-electron chi connectivity index (χ2n) is 3.09. The Balaban J connectivity index is 2.50. The molecule has 0 unspecified atom stereocenters. The molecule has 1 heterocycles. The van der Waals surface area contributed by atoms with Crippen molar-refractivity contribution in [3.63, 3.8) is 0 Å². The summed E-state index contributed by atoms with van der Waals surface area (Å²) in [5.74, 6) is 0.775. The van der Waals surface area contributed by atoms with Gasteiger partial charge in [0, 0.05) is 19.3 Å². The Morgan fingerprint density at radius 1 is 1.56 bits per heavy atom. The smallest absolute Gasteiger partial charge is 0.239 e. The molecule has 0 saturated heterocycles. The number of nitrogens with one attached hydrogen (secondary N) is 2. The van der Waals surface area contributed by atoms with Gasteiger partial charge in [-0.3, -0.25) is 4.79 Å². The maximum Gasteiger partial charge on any atom is 0.239 e. The number of carbonyl (C=O) groups excluding carboxylic acids is 1. The minimum atomic E-state index is -0.122. The maximum absolute atomic E-state index is 11.0. The Bertz CT molecular complexity index is 343. The van der Waals surface area contributed by atoms with Gasteiger partial charge < -0.3 is 15.4 Å². The molecule has 0 aliphatic rings. The number of rotatable bonds is 6. The van der Waals surface area contributed by atoms with Crippen LogP contribution in [-0.4, -0.2) is 36.1 Å². The number of aromatic nitrogens is 2. The Morgan fingerprint density at radius 3 is 3.06 bits per heavy atom. The topological polar surface area (TPSA) is 76.1 Å². The quantitative estimate of drug-likeness (QED) is 0.732. The number of amides is 1. The second kappa shape index (κ2) is 6.60. The van der Waals surface area contributed by atoms with Gasteiger partial charge in [-0.15, -0.1) is 0 Å². The first-order valence-corrected chi connectivity index (χ1v) is 5.16. The van der Waals surface area contributed by atoms with Crippen molar-refractivity contribution >= 4 is 11.9 Å². The molecule has 1 rings (SSSR count). The standard InChI is InChI=1S/C10H16N4O2/c1-3-6-16-9-4-5-12-10(14-9)13-7-8(15)11-2/h4-5H,3,6-7H2,1-2H3,(H,11,15)(H,12,13,14). The summed E-state index contributed by atoms with van der Waals surface area (Å²) in [4.78, 5) is 19.0. The van der Waals surface area contributed by atoms with Gasteiger partial charge in [0.15, 0.2) is 0 Å². The number of nitrogens with zero attached hydrogens (tertiary/aromatic N) is 2. The molecule has 0 fully saturated rings. The van der Waals surface area contributed by atoms with E-state index in [4.69, 9.17) is 4.74 Å². The van der Waals surface area contributed by atoms with E-state index in [0.717, 1.165) is 6.42 Å². The summed E-state index contributed by atoms with van der Waals surface area (Å²) >= 11 is 0. The number of carbonyl (C=O) groups is 1. The minimum Gasteiger partial charge on any atom is -0.478 e. The van der Waals surface area contributed by atoms with E-state index in [9.17, 15) is 4.79 Å². The van der Waals surface area contributed by atoms with E-state index in [1.54, 1.807) is 19.3 Å². The zero-order chi connectivity index (χ0) is 11.8. The van der Waals surface area contributed by atoms with Crippen molar-refractivity contribution in [1.82, 2.24) is 15.3 Å². The number of anilines is 1. The predicted octanol–water partition coefficient (Wildman–Crippen LogP) is 0.423. The molecule has 0 bridgehead atoms. The van der Waals surface area contributed by atoms with E-state index in [2.05, 4.69) is 20.6 Å². The summed E-state index contributed by atoms with van der Waals surface area (Å²) in [6, 6.07) is 1.68. The highest BCUT2D eigenvalue weighted by atomic mass is 16.5. The van der Waals surface area contributed by atoms with Crippen LogP contribution in [0.4, 0.5) is 5.95 Å². The molecule has 6 nitrogen and oxygen atoms in total. The molecule has 0 spiro atoms. The van der Waals surface area contributed by atoms with E-state index in [1.165, 1.54) is 0 Å². The van der Waals surface area contributed by atoms with Gasteiger partial charge >= 0.3 is 0 Å².